The zero-order chi connectivity index (χ0) is 21.3. The summed E-state index contributed by atoms with van der Waals surface area (Å²) in [7, 11) is 3.11. The van der Waals surface area contributed by atoms with Crippen LogP contribution < -0.4 is 4.74 Å². The fraction of sp³-hybridized carbons (Fsp3) is 0.565. The van der Waals surface area contributed by atoms with Crippen LogP contribution in [0.2, 0.25) is 0 Å². The molecule has 1 aromatic rings. The molecule has 3 atom stereocenters. The topological polar surface area (TPSA) is 77.4 Å². The molecule has 29 heavy (non-hydrogen) atoms. The van der Waals surface area contributed by atoms with Crippen molar-refractivity contribution in [3.05, 3.63) is 53.8 Å². The average molecular weight is 407 g/mol. The molecule has 162 valence electrons. The first-order valence-corrected chi connectivity index (χ1v) is 9.95. The van der Waals surface area contributed by atoms with Crippen LogP contribution in [-0.2, 0) is 19.6 Å². The van der Waals surface area contributed by atoms with E-state index in [4.69, 9.17) is 18.9 Å². The summed E-state index contributed by atoms with van der Waals surface area (Å²) in [5.41, 5.74) is 1.15. The van der Waals surface area contributed by atoms with Crippen molar-refractivity contribution in [2.24, 2.45) is 5.92 Å². The molecule has 0 aliphatic heterocycles. The van der Waals surface area contributed by atoms with Gasteiger partial charge in [0.1, 0.15) is 36.9 Å². The molecule has 3 unspecified atom stereocenters. The van der Waals surface area contributed by atoms with E-state index in [1.165, 1.54) is 5.56 Å². The zero-order valence-electron chi connectivity index (χ0n) is 17.8. The van der Waals surface area contributed by atoms with Crippen molar-refractivity contribution < 1.29 is 29.2 Å². The highest BCUT2D eigenvalue weighted by molar-refractivity contribution is 5.34. The third-order valence-electron chi connectivity index (χ3n) is 5.19. The highest BCUT2D eigenvalue weighted by Crippen LogP contribution is 2.38. The normalized spacial score (nSPS) is 18.8. The van der Waals surface area contributed by atoms with Crippen LogP contribution in [0.1, 0.15) is 25.8 Å². The molecule has 0 spiro atoms. The van der Waals surface area contributed by atoms with Crippen molar-refractivity contribution in [3.8, 4) is 5.75 Å². The minimum absolute atomic E-state index is 0.0673. The van der Waals surface area contributed by atoms with Crippen molar-refractivity contribution in [1.82, 2.24) is 0 Å². The van der Waals surface area contributed by atoms with Gasteiger partial charge in [-0.25, -0.2) is 0 Å². The fourth-order valence-electron chi connectivity index (χ4n) is 3.30. The third-order valence-corrected chi connectivity index (χ3v) is 5.19. The first-order chi connectivity index (χ1) is 13.9. The quantitative estimate of drug-likeness (QED) is 0.556. The van der Waals surface area contributed by atoms with Gasteiger partial charge in [-0.15, -0.1) is 0 Å². The molecule has 1 aliphatic rings. The minimum atomic E-state index is -0.637. The van der Waals surface area contributed by atoms with Crippen LogP contribution in [0.15, 0.2) is 48.3 Å². The number of rotatable bonds is 12. The van der Waals surface area contributed by atoms with Gasteiger partial charge >= 0.3 is 0 Å². The van der Waals surface area contributed by atoms with Gasteiger partial charge in [-0.1, -0.05) is 32.1 Å². The number of aliphatic hydroxyl groups excluding tert-OH is 2. The maximum absolute atomic E-state index is 9.70. The van der Waals surface area contributed by atoms with E-state index < -0.39 is 12.2 Å². The first kappa shape index (κ1) is 23.4. The molecule has 0 fully saturated rings. The van der Waals surface area contributed by atoms with Gasteiger partial charge in [0.15, 0.2) is 0 Å². The van der Waals surface area contributed by atoms with Crippen LogP contribution in [0.5, 0.6) is 5.75 Å². The lowest BCUT2D eigenvalue weighted by Crippen LogP contribution is -2.28. The molecule has 6 heteroatoms. The number of hydrogen-bond acceptors (Lipinski definition) is 6. The van der Waals surface area contributed by atoms with Gasteiger partial charge < -0.3 is 29.2 Å². The summed E-state index contributed by atoms with van der Waals surface area (Å²) < 4.78 is 21.1. The molecule has 1 aromatic carbocycles. The van der Waals surface area contributed by atoms with E-state index in [1.54, 1.807) is 14.2 Å². The van der Waals surface area contributed by atoms with Crippen molar-refractivity contribution in [3.63, 3.8) is 0 Å². The van der Waals surface area contributed by atoms with Crippen LogP contribution in [0.3, 0.4) is 0 Å². The van der Waals surface area contributed by atoms with Gasteiger partial charge in [0.05, 0.1) is 13.2 Å². The largest absolute Gasteiger partial charge is 0.491 e. The van der Waals surface area contributed by atoms with Crippen LogP contribution in [0.25, 0.3) is 0 Å². The maximum atomic E-state index is 9.70. The Morgan fingerprint density at radius 3 is 2.03 bits per heavy atom. The van der Waals surface area contributed by atoms with E-state index in [1.807, 2.05) is 18.2 Å². The molecule has 2 N–H and O–H groups in total. The zero-order valence-corrected chi connectivity index (χ0v) is 17.8. The van der Waals surface area contributed by atoms with Crippen molar-refractivity contribution in [2.45, 2.75) is 37.9 Å². The van der Waals surface area contributed by atoms with Crippen molar-refractivity contribution in [2.75, 3.05) is 40.6 Å². The van der Waals surface area contributed by atoms with Gasteiger partial charge in [-0.2, -0.15) is 0 Å². The SMILES string of the molecule is COCC(O)COC1=CCC(C(C)(C)c2ccc(OCC(O)COC)cc2)C=C1. The number of aliphatic hydroxyl groups is 2. The smallest absolute Gasteiger partial charge is 0.119 e. The summed E-state index contributed by atoms with van der Waals surface area (Å²) in [4.78, 5) is 0. The molecule has 0 heterocycles. The lowest BCUT2D eigenvalue weighted by atomic mass is 9.71. The van der Waals surface area contributed by atoms with Crippen molar-refractivity contribution in [1.29, 1.82) is 0 Å². The molecule has 0 saturated heterocycles. The summed E-state index contributed by atoms with van der Waals surface area (Å²) in [5.74, 6) is 1.84. The number of hydrogen-bond donors (Lipinski definition) is 2. The third kappa shape index (κ3) is 7.16. The van der Waals surface area contributed by atoms with E-state index in [2.05, 4.69) is 38.1 Å². The fourth-order valence-corrected chi connectivity index (χ4v) is 3.30. The summed E-state index contributed by atoms with van der Waals surface area (Å²) in [6, 6.07) is 8.01. The van der Waals surface area contributed by atoms with E-state index in [0.29, 0.717) is 5.92 Å². The molecule has 0 saturated carbocycles. The predicted molar refractivity (Wildman–Crippen MR) is 112 cm³/mol. The van der Waals surface area contributed by atoms with E-state index in [9.17, 15) is 10.2 Å². The molecule has 0 amide bonds. The Morgan fingerprint density at radius 1 is 0.931 bits per heavy atom. The number of ether oxygens (including phenoxy) is 4. The Morgan fingerprint density at radius 2 is 1.52 bits per heavy atom. The first-order valence-electron chi connectivity index (χ1n) is 9.95. The Kier molecular flexibility index (Phi) is 9.17. The molecule has 0 radical (unpaired) electrons. The van der Waals surface area contributed by atoms with Gasteiger partial charge in [-0.3, -0.25) is 0 Å². The summed E-state index contributed by atoms with van der Waals surface area (Å²) in [6.07, 6.45) is 5.82. The Balaban J connectivity index is 1.90. The predicted octanol–water partition coefficient (Wildman–Crippen LogP) is 2.83. The minimum Gasteiger partial charge on any atom is -0.491 e. The van der Waals surface area contributed by atoms with Crippen LogP contribution >= 0.6 is 0 Å². The van der Waals surface area contributed by atoms with Crippen LogP contribution in [0, 0.1) is 5.92 Å². The van der Waals surface area contributed by atoms with E-state index >= 15 is 0 Å². The molecule has 2 rings (SSSR count). The summed E-state index contributed by atoms with van der Waals surface area (Å²) in [5, 5.41) is 19.4. The molecule has 1 aliphatic carbocycles. The van der Waals surface area contributed by atoms with E-state index in [0.717, 1.165) is 17.9 Å². The van der Waals surface area contributed by atoms with Gasteiger partial charge in [-0.05, 0) is 47.6 Å². The Labute approximate surface area is 173 Å². The lowest BCUT2D eigenvalue weighted by Gasteiger charge is -2.34. The second kappa shape index (κ2) is 11.4. The standard InChI is InChI=1S/C23H34O6/c1-23(2,17-5-9-21(10-6-17)28-15-19(24)13-26-3)18-7-11-22(12-8-18)29-16-20(25)14-27-4/h5-7,9-12,18-20,24-25H,8,13-16H2,1-4H3. The summed E-state index contributed by atoms with van der Waals surface area (Å²) >= 11 is 0. The van der Waals surface area contributed by atoms with Gasteiger partial charge in [0.25, 0.3) is 0 Å². The monoisotopic (exact) mass is 406 g/mol. The average Bonchev–Trinajstić information content (AvgIpc) is 2.72. The molecular weight excluding hydrogens is 372 g/mol. The molecular formula is C23H34O6. The van der Waals surface area contributed by atoms with E-state index in [-0.39, 0.29) is 31.8 Å². The number of methoxy groups -OCH3 is 2. The maximum Gasteiger partial charge on any atom is 0.119 e. The highest BCUT2D eigenvalue weighted by atomic mass is 16.5. The van der Waals surface area contributed by atoms with Gasteiger partial charge in [0, 0.05) is 14.2 Å². The Bertz CT molecular complexity index is 664. The highest BCUT2D eigenvalue weighted by Gasteiger charge is 2.30. The van der Waals surface area contributed by atoms with Crippen LogP contribution in [-0.4, -0.2) is 63.1 Å². The number of benzene rings is 1. The Hall–Kier alpha value is -1.86. The number of allylic oxidation sites excluding steroid dienone is 3. The summed E-state index contributed by atoms with van der Waals surface area (Å²) in [6.45, 7) is 5.39. The second-order valence-corrected chi connectivity index (χ2v) is 7.89. The van der Waals surface area contributed by atoms with Gasteiger partial charge in [0.2, 0.25) is 0 Å². The molecule has 0 aromatic heterocycles. The van der Waals surface area contributed by atoms with Crippen LogP contribution in [0.4, 0.5) is 0 Å². The molecule has 0 bridgehead atoms. The second-order valence-electron chi connectivity index (χ2n) is 7.89. The lowest BCUT2D eigenvalue weighted by molar-refractivity contribution is 0.0155. The molecule has 6 nitrogen and oxygen atoms in total. The van der Waals surface area contributed by atoms with Crippen molar-refractivity contribution >= 4 is 0 Å².